The van der Waals surface area contributed by atoms with Crippen molar-refractivity contribution in [1.82, 2.24) is 4.98 Å². The van der Waals surface area contributed by atoms with Crippen LogP contribution in [0.5, 0.6) is 5.75 Å². The number of halogens is 3. The van der Waals surface area contributed by atoms with Gasteiger partial charge in [-0.15, -0.1) is 0 Å². The van der Waals surface area contributed by atoms with Crippen LogP contribution in [0, 0.1) is 0 Å². The van der Waals surface area contributed by atoms with Crippen LogP contribution in [-0.2, 0) is 12.6 Å². The molecular formula is C17H12F3NO2. The minimum Gasteiger partial charge on any atom is -0.508 e. The number of aromatic hydroxyl groups is 1. The maximum atomic E-state index is 12.5. The van der Waals surface area contributed by atoms with Gasteiger partial charge in [-0.2, -0.15) is 13.2 Å². The van der Waals surface area contributed by atoms with Crippen molar-refractivity contribution in [3.8, 4) is 17.1 Å². The van der Waals surface area contributed by atoms with Crippen molar-refractivity contribution in [3.05, 3.63) is 71.7 Å². The van der Waals surface area contributed by atoms with Crippen LogP contribution in [0.4, 0.5) is 13.2 Å². The number of hydrogen-bond acceptors (Lipinski definition) is 3. The van der Waals surface area contributed by atoms with Gasteiger partial charge in [0.15, 0.2) is 11.7 Å². The molecular weight excluding hydrogens is 307 g/mol. The molecule has 118 valence electrons. The number of hydrogen-bond donors (Lipinski definition) is 1. The normalized spacial score (nSPS) is 11.6. The van der Waals surface area contributed by atoms with Crippen LogP contribution in [0.2, 0.25) is 0 Å². The fourth-order valence-corrected chi connectivity index (χ4v) is 2.14. The van der Waals surface area contributed by atoms with E-state index in [1.807, 2.05) is 0 Å². The molecule has 0 bridgehead atoms. The van der Waals surface area contributed by atoms with Crippen LogP contribution in [-0.4, -0.2) is 10.1 Å². The highest BCUT2D eigenvalue weighted by Gasteiger charge is 2.29. The molecule has 3 rings (SSSR count). The zero-order chi connectivity index (χ0) is 16.4. The van der Waals surface area contributed by atoms with E-state index in [0.29, 0.717) is 23.6 Å². The number of rotatable bonds is 3. The van der Waals surface area contributed by atoms with E-state index in [4.69, 9.17) is 4.42 Å². The maximum absolute atomic E-state index is 12.5. The summed E-state index contributed by atoms with van der Waals surface area (Å²) in [5.41, 5.74) is 0.754. The molecule has 0 saturated carbocycles. The first-order valence-electron chi connectivity index (χ1n) is 6.82. The second-order valence-electron chi connectivity index (χ2n) is 5.04. The Labute approximate surface area is 130 Å². The molecule has 0 amide bonds. The number of aromatic nitrogens is 1. The molecule has 0 radical (unpaired) electrons. The first kappa shape index (κ1) is 15.1. The number of benzene rings is 2. The van der Waals surface area contributed by atoms with Gasteiger partial charge in [-0.1, -0.05) is 12.1 Å². The second kappa shape index (κ2) is 5.79. The second-order valence-corrected chi connectivity index (χ2v) is 5.04. The maximum Gasteiger partial charge on any atom is 0.416 e. The molecule has 3 nitrogen and oxygen atoms in total. The molecule has 0 unspecified atom stereocenters. The van der Waals surface area contributed by atoms with Crippen LogP contribution in [0.25, 0.3) is 11.3 Å². The molecule has 0 fully saturated rings. The number of oxazole rings is 1. The molecule has 0 aliphatic carbocycles. The number of nitrogens with zero attached hydrogens (tertiary/aromatic N) is 1. The highest BCUT2D eigenvalue weighted by molar-refractivity contribution is 5.57. The molecule has 3 aromatic rings. The van der Waals surface area contributed by atoms with E-state index >= 15 is 0 Å². The summed E-state index contributed by atoms with van der Waals surface area (Å²) in [5, 5.41) is 9.26. The van der Waals surface area contributed by atoms with Gasteiger partial charge >= 0.3 is 6.18 Å². The van der Waals surface area contributed by atoms with Gasteiger partial charge in [0.05, 0.1) is 11.8 Å². The topological polar surface area (TPSA) is 46.3 Å². The third kappa shape index (κ3) is 3.53. The molecule has 1 heterocycles. The third-order valence-electron chi connectivity index (χ3n) is 3.34. The SMILES string of the molecule is Oc1ccc(-c2cnc(Cc3ccc(C(F)(F)F)cc3)o2)cc1. The Balaban J connectivity index is 1.75. The lowest BCUT2D eigenvalue weighted by Gasteiger charge is -2.06. The highest BCUT2D eigenvalue weighted by atomic mass is 19.4. The Morgan fingerprint density at radius 2 is 1.61 bits per heavy atom. The summed E-state index contributed by atoms with van der Waals surface area (Å²) >= 11 is 0. The molecule has 0 aliphatic heterocycles. The monoisotopic (exact) mass is 319 g/mol. The quantitative estimate of drug-likeness (QED) is 0.764. The molecule has 0 aliphatic rings. The van der Waals surface area contributed by atoms with Crippen LogP contribution in [0.3, 0.4) is 0 Å². The van der Waals surface area contributed by atoms with Gasteiger partial charge < -0.3 is 9.52 Å². The van der Waals surface area contributed by atoms with Gasteiger partial charge in [0.25, 0.3) is 0 Å². The van der Waals surface area contributed by atoms with Gasteiger partial charge in [-0.3, -0.25) is 0 Å². The Morgan fingerprint density at radius 3 is 2.22 bits per heavy atom. The van der Waals surface area contributed by atoms with Crippen molar-refractivity contribution >= 4 is 0 Å². The zero-order valence-corrected chi connectivity index (χ0v) is 11.8. The lowest BCUT2D eigenvalue weighted by atomic mass is 10.1. The van der Waals surface area contributed by atoms with Crippen molar-refractivity contribution in [2.45, 2.75) is 12.6 Å². The fourth-order valence-electron chi connectivity index (χ4n) is 2.14. The lowest BCUT2D eigenvalue weighted by molar-refractivity contribution is -0.137. The summed E-state index contributed by atoms with van der Waals surface area (Å²) < 4.78 is 43.1. The van der Waals surface area contributed by atoms with Gasteiger partial charge in [-0.05, 0) is 42.0 Å². The van der Waals surface area contributed by atoms with Crippen molar-refractivity contribution in [3.63, 3.8) is 0 Å². The number of alkyl halides is 3. The largest absolute Gasteiger partial charge is 0.508 e. The molecule has 0 atom stereocenters. The van der Waals surface area contributed by atoms with Crippen LogP contribution < -0.4 is 0 Å². The Morgan fingerprint density at radius 1 is 0.957 bits per heavy atom. The van der Waals surface area contributed by atoms with E-state index < -0.39 is 11.7 Å². The summed E-state index contributed by atoms with van der Waals surface area (Å²) in [6, 6.07) is 11.4. The van der Waals surface area contributed by atoms with Gasteiger partial charge in [0.1, 0.15) is 5.75 Å². The molecule has 6 heteroatoms. The van der Waals surface area contributed by atoms with Gasteiger partial charge in [0.2, 0.25) is 0 Å². The van der Waals surface area contributed by atoms with E-state index in [9.17, 15) is 18.3 Å². The van der Waals surface area contributed by atoms with E-state index in [-0.39, 0.29) is 5.75 Å². The van der Waals surface area contributed by atoms with Crippen LogP contribution >= 0.6 is 0 Å². The fraction of sp³-hybridized carbons (Fsp3) is 0.118. The smallest absolute Gasteiger partial charge is 0.416 e. The Bertz CT molecular complexity index is 790. The van der Waals surface area contributed by atoms with E-state index in [1.165, 1.54) is 24.3 Å². The summed E-state index contributed by atoms with van der Waals surface area (Å²) in [5.74, 6) is 1.10. The zero-order valence-electron chi connectivity index (χ0n) is 11.8. The first-order chi connectivity index (χ1) is 10.9. The van der Waals surface area contributed by atoms with E-state index in [1.54, 1.807) is 18.3 Å². The van der Waals surface area contributed by atoms with Crippen molar-refractivity contribution in [1.29, 1.82) is 0 Å². The third-order valence-corrected chi connectivity index (χ3v) is 3.34. The average molecular weight is 319 g/mol. The molecule has 2 aromatic carbocycles. The minimum atomic E-state index is -4.34. The van der Waals surface area contributed by atoms with E-state index in [2.05, 4.69) is 4.98 Å². The predicted molar refractivity (Wildman–Crippen MR) is 77.9 cm³/mol. The Kier molecular flexibility index (Phi) is 3.82. The predicted octanol–water partition coefficient (Wildman–Crippen LogP) is 4.66. The van der Waals surface area contributed by atoms with Crippen LogP contribution in [0.15, 0.2) is 59.1 Å². The summed E-state index contributed by atoms with van der Waals surface area (Å²) in [4.78, 5) is 4.13. The average Bonchev–Trinajstić information content (AvgIpc) is 2.96. The lowest BCUT2D eigenvalue weighted by Crippen LogP contribution is -2.04. The molecule has 23 heavy (non-hydrogen) atoms. The van der Waals surface area contributed by atoms with Crippen molar-refractivity contribution in [2.75, 3.05) is 0 Å². The summed E-state index contributed by atoms with van der Waals surface area (Å²) in [6.07, 6.45) is -2.49. The first-order valence-corrected chi connectivity index (χ1v) is 6.82. The molecule has 0 saturated heterocycles. The van der Waals surface area contributed by atoms with Crippen molar-refractivity contribution in [2.24, 2.45) is 0 Å². The molecule has 1 aromatic heterocycles. The standard InChI is InChI=1S/C17H12F3NO2/c18-17(19,20)13-5-1-11(2-6-13)9-16-21-10-15(23-16)12-3-7-14(22)8-4-12/h1-8,10,22H,9H2. The number of phenolic OH excluding ortho intramolecular Hbond substituents is 1. The summed E-state index contributed by atoms with van der Waals surface area (Å²) in [6.45, 7) is 0. The van der Waals surface area contributed by atoms with Gasteiger partial charge in [0, 0.05) is 12.0 Å². The molecule has 0 spiro atoms. The highest BCUT2D eigenvalue weighted by Crippen LogP contribution is 2.29. The summed E-state index contributed by atoms with van der Waals surface area (Å²) in [7, 11) is 0. The Hall–Kier alpha value is -2.76. The van der Waals surface area contributed by atoms with Crippen LogP contribution in [0.1, 0.15) is 17.0 Å². The van der Waals surface area contributed by atoms with Crippen molar-refractivity contribution < 1.29 is 22.7 Å². The van der Waals surface area contributed by atoms with E-state index in [0.717, 1.165) is 17.7 Å². The minimum absolute atomic E-state index is 0.151. The molecule has 1 N–H and O–H groups in total. The number of phenols is 1. The van der Waals surface area contributed by atoms with Gasteiger partial charge in [-0.25, -0.2) is 4.98 Å².